The maximum Gasteiger partial charge on any atom is 0.261 e. The van der Waals surface area contributed by atoms with Crippen molar-refractivity contribution in [2.24, 2.45) is 7.05 Å². The molecule has 1 aromatic heterocycles. The van der Waals surface area contributed by atoms with Crippen LogP contribution in [0.3, 0.4) is 0 Å². The van der Waals surface area contributed by atoms with Gasteiger partial charge in [-0.3, -0.25) is 4.79 Å². The van der Waals surface area contributed by atoms with Crippen molar-refractivity contribution in [1.82, 2.24) is 14.5 Å². The normalized spacial score (nSPS) is 17.2. The molecule has 3 rings (SSSR count). The van der Waals surface area contributed by atoms with Crippen molar-refractivity contribution in [3.63, 3.8) is 0 Å². The molecule has 0 saturated carbocycles. The van der Waals surface area contributed by atoms with Gasteiger partial charge in [-0.2, -0.15) is 0 Å². The zero-order valence-electron chi connectivity index (χ0n) is 12.5. The average molecular weight is 301 g/mol. The fourth-order valence-electron chi connectivity index (χ4n) is 2.72. The minimum absolute atomic E-state index is 0.0390. The van der Waals surface area contributed by atoms with Crippen LogP contribution in [0.1, 0.15) is 11.4 Å². The van der Waals surface area contributed by atoms with Gasteiger partial charge in [0.15, 0.2) is 6.61 Å². The van der Waals surface area contributed by atoms with Crippen molar-refractivity contribution < 1.29 is 14.6 Å². The highest BCUT2D eigenvalue weighted by molar-refractivity contribution is 5.78. The lowest BCUT2D eigenvalue weighted by atomic mass is 10.0. The second-order valence-electron chi connectivity index (χ2n) is 5.41. The number of aryl methyl sites for hydroxylation is 1. The second-order valence-corrected chi connectivity index (χ2v) is 5.41. The standard InChI is InChI=1S/C16H19N3O3/c1-18-11-17-14-8-19(12(9-20)7-15(14)18)16(21)10-22-13-5-3-2-4-6-13/h2-6,11-12,20H,7-10H2,1H3. The van der Waals surface area contributed by atoms with Gasteiger partial charge in [-0.15, -0.1) is 0 Å². The van der Waals surface area contributed by atoms with Gasteiger partial charge in [0, 0.05) is 19.2 Å². The Morgan fingerprint density at radius 3 is 2.91 bits per heavy atom. The number of ether oxygens (including phenoxy) is 1. The summed E-state index contributed by atoms with van der Waals surface area (Å²) < 4.78 is 7.45. The summed E-state index contributed by atoms with van der Waals surface area (Å²) in [4.78, 5) is 18.4. The number of hydrogen-bond acceptors (Lipinski definition) is 4. The van der Waals surface area contributed by atoms with Crippen LogP contribution in [0, 0.1) is 0 Å². The van der Waals surface area contributed by atoms with Crippen LogP contribution in [0.4, 0.5) is 0 Å². The van der Waals surface area contributed by atoms with Gasteiger partial charge in [-0.25, -0.2) is 4.98 Å². The molecular formula is C16H19N3O3. The molecule has 0 bridgehead atoms. The van der Waals surface area contributed by atoms with Crippen LogP contribution in [-0.4, -0.2) is 44.7 Å². The average Bonchev–Trinajstić information content (AvgIpc) is 2.93. The number of aliphatic hydroxyl groups excluding tert-OH is 1. The molecule has 1 N–H and O–H groups in total. The first-order valence-corrected chi connectivity index (χ1v) is 7.26. The van der Waals surface area contributed by atoms with E-state index in [-0.39, 0.29) is 25.2 Å². The third-order valence-corrected chi connectivity index (χ3v) is 3.97. The van der Waals surface area contributed by atoms with E-state index >= 15 is 0 Å². The number of para-hydroxylation sites is 1. The van der Waals surface area contributed by atoms with E-state index in [0.717, 1.165) is 11.4 Å². The summed E-state index contributed by atoms with van der Waals surface area (Å²) in [6.07, 6.45) is 2.35. The fraction of sp³-hybridized carbons (Fsp3) is 0.375. The van der Waals surface area contributed by atoms with E-state index in [1.807, 2.05) is 41.9 Å². The minimum atomic E-state index is -0.227. The van der Waals surface area contributed by atoms with Gasteiger partial charge in [0.25, 0.3) is 5.91 Å². The van der Waals surface area contributed by atoms with Gasteiger partial charge in [0.05, 0.1) is 31.2 Å². The topological polar surface area (TPSA) is 67.6 Å². The minimum Gasteiger partial charge on any atom is -0.484 e. The summed E-state index contributed by atoms with van der Waals surface area (Å²) in [5.41, 5.74) is 1.97. The molecule has 0 aliphatic carbocycles. The van der Waals surface area contributed by atoms with Gasteiger partial charge in [-0.1, -0.05) is 18.2 Å². The Labute approximate surface area is 129 Å². The van der Waals surface area contributed by atoms with Crippen LogP contribution >= 0.6 is 0 Å². The van der Waals surface area contributed by atoms with Gasteiger partial charge < -0.3 is 19.3 Å². The number of carbonyl (C=O) groups is 1. The molecule has 0 fully saturated rings. The second kappa shape index (κ2) is 6.19. The molecule has 0 radical (unpaired) electrons. The third kappa shape index (κ3) is 2.82. The van der Waals surface area contributed by atoms with Crippen LogP contribution in [0.25, 0.3) is 0 Å². The lowest BCUT2D eigenvalue weighted by molar-refractivity contribution is -0.138. The molecule has 0 spiro atoms. The Morgan fingerprint density at radius 1 is 1.41 bits per heavy atom. The van der Waals surface area contributed by atoms with Gasteiger partial charge in [0.2, 0.25) is 0 Å². The van der Waals surface area contributed by atoms with E-state index in [9.17, 15) is 9.90 Å². The predicted octanol–water partition coefficient (Wildman–Crippen LogP) is 0.745. The smallest absolute Gasteiger partial charge is 0.261 e. The Hall–Kier alpha value is -2.34. The van der Waals surface area contributed by atoms with Crippen LogP contribution in [0.2, 0.25) is 0 Å². The summed E-state index contributed by atoms with van der Waals surface area (Å²) >= 11 is 0. The molecule has 1 unspecified atom stereocenters. The first kappa shape index (κ1) is 14.6. The molecule has 2 heterocycles. The highest BCUT2D eigenvalue weighted by Gasteiger charge is 2.31. The summed E-state index contributed by atoms with van der Waals surface area (Å²) in [6.45, 7) is 0.308. The van der Waals surface area contributed by atoms with Gasteiger partial charge in [0.1, 0.15) is 5.75 Å². The SMILES string of the molecule is Cn1cnc2c1CC(CO)N(C(=O)COc1ccccc1)C2. The first-order valence-electron chi connectivity index (χ1n) is 7.26. The molecular weight excluding hydrogens is 282 g/mol. The Bertz CT molecular complexity index is 654. The zero-order chi connectivity index (χ0) is 15.5. The van der Waals surface area contributed by atoms with Crippen LogP contribution < -0.4 is 4.74 Å². The monoisotopic (exact) mass is 301 g/mol. The number of hydrogen-bond donors (Lipinski definition) is 1. The molecule has 6 nitrogen and oxygen atoms in total. The number of aromatic nitrogens is 2. The van der Waals surface area contributed by atoms with Crippen molar-refractivity contribution in [2.75, 3.05) is 13.2 Å². The number of carbonyl (C=O) groups excluding carboxylic acids is 1. The van der Waals surface area contributed by atoms with Crippen molar-refractivity contribution in [1.29, 1.82) is 0 Å². The first-order chi connectivity index (χ1) is 10.7. The Morgan fingerprint density at radius 2 is 2.18 bits per heavy atom. The van der Waals surface area contributed by atoms with E-state index in [0.29, 0.717) is 18.7 Å². The van der Waals surface area contributed by atoms with Crippen molar-refractivity contribution in [2.45, 2.75) is 19.0 Å². The van der Waals surface area contributed by atoms with Crippen molar-refractivity contribution in [3.05, 3.63) is 48.0 Å². The van der Waals surface area contributed by atoms with E-state index in [1.54, 1.807) is 11.2 Å². The molecule has 22 heavy (non-hydrogen) atoms. The molecule has 1 aliphatic rings. The van der Waals surface area contributed by atoms with Crippen LogP contribution in [0.15, 0.2) is 36.7 Å². The van der Waals surface area contributed by atoms with E-state index in [4.69, 9.17) is 4.74 Å². The van der Waals surface area contributed by atoms with Crippen LogP contribution in [0.5, 0.6) is 5.75 Å². The van der Waals surface area contributed by atoms with Crippen molar-refractivity contribution >= 4 is 5.91 Å². The molecule has 2 aromatic rings. The predicted molar refractivity (Wildman–Crippen MR) is 80.3 cm³/mol. The highest BCUT2D eigenvalue weighted by Crippen LogP contribution is 2.22. The molecule has 0 saturated heterocycles. The highest BCUT2D eigenvalue weighted by atomic mass is 16.5. The number of imidazole rings is 1. The maximum absolute atomic E-state index is 12.4. The van der Waals surface area contributed by atoms with E-state index < -0.39 is 0 Å². The number of fused-ring (bicyclic) bond motifs is 1. The van der Waals surface area contributed by atoms with Crippen LogP contribution in [-0.2, 0) is 24.8 Å². The number of nitrogens with zero attached hydrogens (tertiary/aromatic N) is 3. The molecule has 1 aliphatic heterocycles. The lowest BCUT2D eigenvalue weighted by Crippen LogP contribution is -2.48. The molecule has 116 valence electrons. The Kier molecular flexibility index (Phi) is 4.11. The van der Waals surface area contributed by atoms with Crippen molar-refractivity contribution in [3.8, 4) is 5.75 Å². The number of amides is 1. The summed E-state index contributed by atoms with van der Waals surface area (Å²) in [5.74, 6) is 0.520. The van der Waals surface area contributed by atoms with E-state index in [2.05, 4.69) is 4.98 Å². The lowest BCUT2D eigenvalue weighted by Gasteiger charge is -2.34. The summed E-state index contributed by atoms with van der Waals surface area (Å²) in [6, 6.07) is 9.00. The van der Waals surface area contributed by atoms with E-state index in [1.165, 1.54) is 0 Å². The molecule has 1 amide bonds. The zero-order valence-corrected chi connectivity index (χ0v) is 12.5. The third-order valence-electron chi connectivity index (χ3n) is 3.97. The quantitative estimate of drug-likeness (QED) is 0.904. The summed E-state index contributed by atoms with van der Waals surface area (Å²) in [5, 5.41) is 9.59. The largest absolute Gasteiger partial charge is 0.484 e. The van der Waals surface area contributed by atoms with Gasteiger partial charge in [-0.05, 0) is 12.1 Å². The Balaban J connectivity index is 1.69. The van der Waals surface area contributed by atoms with Gasteiger partial charge >= 0.3 is 0 Å². The molecule has 6 heteroatoms. The number of benzene rings is 1. The molecule has 1 atom stereocenters. The number of aliphatic hydroxyl groups is 1. The number of rotatable bonds is 4. The maximum atomic E-state index is 12.4. The summed E-state index contributed by atoms with van der Waals surface area (Å²) in [7, 11) is 1.93. The molecule has 1 aromatic carbocycles. The fourth-order valence-corrected chi connectivity index (χ4v) is 2.72.